The van der Waals surface area contributed by atoms with Gasteiger partial charge < -0.3 is 4.90 Å². The van der Waals surface area contributed by atoms with Crippen molar-refractivity contribution in [1.82, 2.24) is 9.80 Å². The molecule has 0 amide bonds. The summed E-state index contributed by atoms with van der Waals surface area (Å²) in [6.07, 6.45) is 5.02. The first-order valence-electron chi connectivity index (χ1n) is 6.26. The van der Waals surface area contributed by atoms with Crippen molar-refractivity contribution in [2.75, 3.05) is 33.2 Å². The molecule has 1 aliphatic rings. The van der Waals surface area contributed by atoms with Gasteiger partial charge in [0.05, 0.1) is 5.70 Å². The maximum absolute atomic E-state index is 4.35. The van der Waals surface area contributed by atoms with Gasteiger partial charge in [0, 0.05) is 19.6 Å². The van der Waals surface area contributed by atoms with Crippen LogP contribution in [0.3, 0.4) is 0 Å². The van der Waals surface area contributed by atoms with Gasteiger partial charge in [0.25, 0.3) is 0 Å². The SMILES string of the molecule is C=CC(/N=N\C(C)=C/C)N1CCCN(C)CC1. The van der Waals surface area contributed by atoms with E-state index in [2.05, 4.69) is 33.7 Å². The summed E-state index contributed by atoms with van der Waals surface area (Å²) in [5.74, 6) is 0. The summed E-state index contributed by atoms with van der Waals surface area (Å²) >= 11 is 0. The molecular formula is C13H24N4. The number of hydrogen-bond donors (Lipinski definition) is 0. The Labute approximate surface area is 105 Å². The van der Waals surface area contributed by atoms with Crippen molar-refractivity contribution in [3.8, 4) is 0 Å². The van der Waals surface area contributed by atoms with Crippen LogP contribution in [0.1, 0.15) is 20.3 Å². The van der Waals surface area contributed by atoms with E-state index in [0.29, 0.717) is 0 Å². The van der Waals surface area contributed by atoms with Crippen molar-refractivity contribution in [3.63, 3.8) is 0 Å². The van der Waals surface area contributed by atoms with Gasteiger partial charge >= 0.3 is 0 Å². The standard InChI is InChI=1S/C13H24N4/c1-5-12(3)14-15-13(6-2)17-9-7-8-16(4)10-11-17/h5-6,13H,2,7-11H2,1,3-4H3/b12-5-,15-14-. The number of azo groups is 1. The smallest absolute Gasteiger partial charge is 0.142 e. The Morgan fingerprint density at radius 2 is 2.06 bits per heavy atom. The molecule has 0 aromatic heterocycles. The lowest BCUT2D eigenvalue weighted by molar-refractivity contribution is 0.234. The minimum absolute atomic E-state index is 0.0106. The molecule has 96 valence electrons. The molecule has 0 saturated carbocycles. The largest absolute Gasteiger partial charge is 0.305 e. The molecule has 0 N–H and O–H groups in total. The predicted octanol–water partition coefficient (Wildman–Crippen LogP) is 2.51. The van der Waals surface area contributed by atoms with E-state index in [9.17, 15) is 0 Å². The summed E-state index contributed by atoms with van der Waals surface area (Å²) in [6, 6.07) is 0. The average molecular weight is 236 g/mol. The number of hydrogen-bond acceptors (Lipinski definition) is 4. The first kappa shape index (κ1) is 14.1. The third-order valence-electron chi connectivity index (χ3n) is 3.09. The maximum Gasteiger partial charge on any atom is 0.142 e. The van der Waals surface area contributed by atoms with E-state index in [1.165, 1.54) is 6.42 Å². The lowest BCUT2D eigenvalue weighted by atomic mass is 10.3. The minimum atomic E-state index is 0.0106. The fourth-order valence-electron chi connectivity index (χ4n) is 1.81. The van der Waals surface area contributed by atoms with Crippen LogP contribution in [0, 0.1) is 0 Å². The van der Waals surface area contributed by atoms with Gasteiger partial charge in [0.1, 0.15) is 6.17 Å². The third kappa shape index (κ3) is 4.79. The summed E-state index contributed by atoms with van der Waals surface area (Å²) in [5, 5.41) is 8.55. The minimum Gasteiger partial charge on any atom is -0.305 e. The Kier molecular flexibility index (Phi) is 6.08. The van der Waals surface area contributed by atoms with Crippen LogP contribution in [0.5, 0.6) is 0 Å². The molecule has 0 aromatic rings. The van der Waals surface area contributed by atoms with E-state index in [1.807, 2.05) is 26.0 Å². The predicted molar refractivity (Wildman–Crippen MR) is 72.0 cm³/mol. The summed E-state index contributed by atoms with van der Waals surface area (Å²) in [5.41, 5.74) is 0.948. The highest BCUT2D eigenvalue weighted by molar-refractivity contribution is 4.93. The summed E-state index contributed by atoms with van der Waals surface area (Å²) in [4.78, 5) is 4.69. The van der Waals surface area contributed by atoms with Crippen molar-refractivity contribution in [3.05, 3.63) is 24.4 Å². The van der Waals surface area contributed by atoms with E-state index < -0.39 is 0 Å². The van der Waals surface area contributed by atoms with Crippen LogP contribution in [0.4, 0.5) is 0 Å². The molecule has 0 bridgehead atoms. The lowest BCUT2D eigenvalue weighted by Crippen LogP contribution is -2.35. The molecule has 0 radical (unpaired) electrons. The van der Waals surface area contributed by atoms with Gasteiger partial charge in [0.2, 0.25) is 0 Å². The van der Waals surface area contributed by atoms with E-state index >= 15 is 0 Å². The van der Waals surface area contributed by atoms with Crippen LogP contribution in [0.2, 0.25) is 0 Å². The zero-order valence-electron chi connectivity index (χ0n) is 11.3. The molecule has 17 heavy (non-hydrogen) atoms. The Hall–Kier alpha value is -1.00. The molecule has 1 atom stereocenters. The first-order chi connectivity index (χ1) is 8.17. The van der Waals surface area contributed by atoms with E-state index in [-0.39, 0.29) is 6.17 Å². The molecule has 4 heteroatoms. The highest BCUT2D eigenvalue weighted by atomic mass is 15.3. The van der Waals surface area contributed by atoms with Gasteiger partial charge in [-0.1, -0.05) is 18.7 Å². The van der Waals surface area contributed by atoms with Gasteiger partial charge in [-0.15, -0.1) is 0 Å². The van der Waals surface area contributed by atoms with Crippen molar-refractivity contribution >= 4 is 0 Å². The highest BCUT2D eigenvalue weighted by Gasteiger charge is 2.17. The molecule has 4 nitrogen and oxygen atoms in total. The first-order valence-corrected chi connectivity index (χ1v) is 6.26. The summed E-state index contributed by atoms with van der Waals surface area (Å²) in [6.45, 7) is 12.1. The fraction of sp³-hybridized carbons (Fsp3) is 0.692. The highest BCUT2D eigenvalue weighted by Crippen LogP contribution is 2.10. The number of allylic oxidation sites excluding steroid dienone is 2. The third-order valence-corrected chi connectivity index (χ3v) is 3.09. The van der Waals surface area contributed by atoms with E-state index in [4.69, 9.17) is 0 Å². The lowest BCUT2D eigenvalue weighted by Gasteiger charge is -2.23. The van der Waals surface area contributed by atoms with Crippen LogP contribution in [0.25, 0.3) is 0 Å². The molecule has 1 saturated heterocycles. The topological polar surface area (TPSA) is 31.2 Å². The van der Waals surface area contributed by atoms with Crippen molar-refractivity contribution in [2.45, 2.75) is 26.4 Å². The van der Waals surface area contributed by atoms with E-state index in [0.717, 1.165) is 31.9 Å². The van der Waals surface area contributed by atoms with Gasteiger partial charge in [-0.05, 0) is 33.9 Å². The Morgan fingerprint density at radius 3 is 2.71 bits per heavy atom. The van der Waals surface area contributed by atoms with Crippen molar-refractivity contribution in [1.29, 1.82) is 0 Å². The van der Waals surface area contributed by atoms with Crippen molar-refractivity contribution < 1.29 is 0 Å². The molecular weight excluding hydrogens is 212 g/mol. The Bertz CT molecular complexity index is 296. The summed E-state index contributed by atoms with van der Waals surface area (Å²) in [7, 11) is 2.16. The second-order valence-electron chi connectivity index (χ2n) is 4.49. The van der Waals surface area contributed by atoms with E-state index in [1.54, 1.807) is 0 Å². The zero-order chi connectivity index (χ0) is 12.7. The van der Waals surface area contributed by atoms with Gasteiger partial charge in [0.15, 0.2) is 0 Å². The summed E-state index contributed by atoms with van der Waals surface area (Å²) < 4.78 is 0. The quantitative estimate of drug-likeness (QED) is 0.555. The second kappa shape index (κ2) is 7.35. The molecule has 1 aliphatic heterocycles. The maximum atomic E-state index is 4.35. The number of likely N-dealkylation sites (N-methyl/N-ethyl adjacent to an activating group) is 1. The van der Waals surface area contributed by atoms with Crippen LogP contribution >= 0.6 is 0 Å². The van der Waals surface area contributed by atoms with Crippen LogP contribution in [-0.2, 0) is 0 Å². The molecule has 1 rings (SSSR count). The number of rotatable bonds is 4. The fourth-order valence-corrected chi connectivity index (χ4v) is 1.81. The number of nitrogens with zero attached hydrogens (tertiary/aromatic N) is 4. The molecule has 1 unspecified atom stereocenters. The Morgan fingerprint density at radius 1 is 1.29 bits per heavy atom. The molecule has 1 fully saturated rings. The van der Waals surface area contributed by atoms with Gasteiger partial charge in [-0.25, -0.2) is 0 Å². The molecule has 1 heterocycles. The second-order valence-corrected chi connectivity index (χ2v) is 4.49. The zero-order valence-corrected chi connectivity index (χ0v) is 11.3. The van der Waals surface area contributed by atoms with Crippen LogP contribution < -0.4 is 0 Å². The monoisotopic (exact) mass is 236 g/mol. The van der Waals surface area contributed by atoms with Crippen LogP contribution in [-0.4, -0.2) is 49.2 Å². The Balaban J connectivity index is 2.60. The van der Waals surface area contributed by atoms with Crippen LogP contribution in [0.15, 0.2) is 34.7 Å². The normalized spacial score (nSPS) is 22.6. The van der Waals surface area contributed by atoms with Crippen molar-refractivity contribution in [2.24, 2.45) is 10.2 Å². The molecule has 0 spiro atoms. The molecule has 0 aromatic carbocycles. The van der Waals surface area contributed by atoms with Gasteiger partial charge in [-0.2, -0.15) is 10.2 Å². The molecule has 0 aliphatic carbocycles. The van der Waals surface area contributed by atoms with Gasteiger partial charge in [-0.3, -0.25) is 4.90 Å². The average Bonchev–Trinajstić information content (AvgIpc) is 2.55.